The second-order valence-corrected chi connectivity index (χ2v) is 11.8. The molecule has 244 valence electrons. The Morgan fingerprint density at radius 2 is 1.17 bits per heavy atom. The predicted molar refractivity (Wildman–Crippen MR) is 134 cm³/mol. The van der Waals surface area contributed by atoms with Gasteiger partial charge < -0.3 is 50.4 Å². The predicted octanol–water partition coefficient (Wildman–Crippen LogP) is -3.81. The summed E-state index contributed by atoms with van der Waals surface area (Å²) in [7, 11) is -9.38. The van der Waals surface area contributed by atoms with Gasteiger partial charge in [0.25, 0.3) is 0 Å². The number of amides is 1. The summed E-state index contributed by atoms with van der Waals surface area (Å²) in [5.41, 5.74) is 5.64. The normalized spacial score (nSPS) is 34.7. The van der Waals surface area contributed by atoms with E-state index in [1.807, 2.05) is 0 Å². The molecule has 0 radical (unpaired) electrons. The number of aliphatic hydroxyl groups is 4. The van der Waals surface area contributed by atoms with Crippen LogP contribution in [0.3, 0.4) is 0 Å². The summed E-state index contributed by atoms with van der Waals surface area (Å²) in [5.74, 6) is -0.468. The zero-order valence-electron chi connectivity index (χ0n) is 22.9. The van der Waals surface area contributed by atoms with Gasteiger partial charge in [0, 0.05) is 6.92 Å². The molecule has 2 rings (SSSR count). The first kappa shape index (κ1) is 37.9. The fourth-order valence-electron chi connectivity index (χ4n) is 3.63. The molecule has 0 saturated carbocycles. The van der Waals surface area contributed by atoms with Crippen LogP contribution in [0, 0.1) is 0 Å². The molecule has 41 heavy (non-hydrogen) atoms. The third-order valence-corrected chi connectivity index (χ3v) is 6.26. The fourth-order valence-corrected chi connectivity index (χ4v) is 4.24. The highest BCUT2D eigenvalue weighted by molar-refractivity contribution is 7.81. The minimum absolute atomic E-state index is 0.248. The van der Waals surface area contributed by atoms with E-state index in [0.717, 1.165) is 0 Å². The van der Waals surface area contributed by atoms with Gasteiger partial charge in [-0.05, 0) is 27.7 Å². The number of hydrogen-bond donors (Lipinski definition) is 8. The molecule has 1 amide bonds. The summed E-state index contributed by atoms with van der Waals surface area (Å²) in [5, 5.41) is 41.8. The van der Waals surface area contributed by atoms with Crippen molar-refractivity contribution in [1.82, 2.24) is 5.32 Å². The van der Waals surface area contributed by atoms with E-state index in [1.54, 1.807) is 27.7 Å². The number of nitrogens with two attached hydrogens (primary N) is 1. The molecule has 10 atom stereocenters. The zero-order chi connectivity index (χ0) is 31.9. The number of ether oxygens (including phenoxy) is 4. The number of hydrogen-bond acceptors (Lipinski definition) is 16. The molecule has 0 spiro atoms. The van der Waals surface area contributed by atoms with Gasteiger partial charge in [0.05, 0.1) is 31.5 Å². The van der Waals surface area contributed by atoms with Gasteiger partial charge in [-0.2, -0.15) is 16.8 Å². The maximum absolute atomic E-state index is 11.2. The van der Waals surface area contributed by atoms with E-state index < -0.39 is 101 Å². The van der Waals surface area contributed by atoms with Crippen molar-refractivity contribution in [2.45, 2.75) is 108 Å². The molecule has 0 aromatic carbocycles. The van der Waals surface area contributed by atoms with Crippen LogP contribution in [0.15, 0.2) is 0 Å². The van der Waals surface area contributed by atoms with Crippen LogP contribution in [0.1, 0.15) is 34.6 Å². The van der Waals surface area contributed by atoms with Gasteiger partial charge in [0.15, 0.2) is 12.6 Å². The van der Waals surface area contributed by atoms with E-state index in [2.05, 4.69) is 13.7 Å². The Labute approximate surface area is 237 Å². The highest BCUT2D eigenvalue weighted by atomic mass is 32.3. The Morgan fingerprint density at radius 1 is 0.780 bits per heavy atom. The van der Waals surface area contributed by atoms with Crippen molar-refractivity contribution in [2.75, 3.05) is 13.2 Å². The highest BCUT2D eigenvalue weighted by Crippen LogP contribution is 2.24. The molecule has 2 aliphatic heterocycles. The maximum Gasteiger partial charge on any atom is 0.397 e. The first-order chi connectivity index (χ1) is 18.6. The van der Waals surface area contributed by atoms with E-state index >= 15 is 0 Å². The van der Waals surface area contributed by atoms with Crippen LogP contribution in [-0.4, -0.2) is 139 Å². The number of carbonyl (C=O) groups is 1. The summed E-state index contributed by atoms with van der Waals surface area (Å²) in [6, 6.07) is -2.03. The Balaban J connectivity index is 0.000000414. The fraction of sp³-hybridized carbons (Fsp3) is 0.950. The molecule has 2 fully saturated rings. The third-order valence-electron chi connectivity index (χ3n) is 5.39. The molecule has 0 bridgehead atoms. The van der Waals surface area contributed by atoms with E-state index in [9.17, 15) is 42.1 Å². The molecule has 10 unspecified atom stereocenters. The molecule has 2 aliphatic rings. The van der Waals surface area contributed by atoms with Crippen molar-refractivity contribution in [2.24, 2.45) is 5.73 Å². The van der Waals surface area contributed by atoms with Crippen LogP contribution in [-0.2, 0) is 52.9 Å². The summed E-state index contributed by atoms with van der Waals surface area (Å²) >= 11 is 0. The van der Waals surface area contributed by atoms with Gasteiger partial charge in [-0.25, -0.2) is 8.37 Å². The van der Waals surface area contributed by atoms with Gasteiger partial charge in [0.2, 0.25) is 5.91 Å². The topological polar surface area (TPSA) is 300 Å². The first-order valence-corrected chi connectivity index (χ1v) is 15.0. The van der Waals surface area contributed by atoms with Crippen LogP contribution in [0.2, 0.25) is 0 Å². The standard InChI is InChI=1S/C11H21NO9S.C9H19NO8S/c1-5(2)20-11-8(12-6(3)13)10(15)9(14)7(21-11)4-19-22(16,17)18;1-4(2)17-9-6(10)8(12)7(11)5(18-9)3-16-19(13,14)15/h5,7-11,14-15H,4H2,1-3H3,(H,12,13)(H,16,17,18);4-9,11-12H,3,10H2,1-2H3,(H,13,14,15). The van der Waals surface area contributed by atoms with Crippen LogP contribution >= 0.6 is 0 Å². The van der Waals surface area contributed by atoms with Gasteiger partial charge in [-0.1, -0.05) is 0 Å². The maximum atomic E-state index is 11.2. The minimum atomic E-state index is -4.72. The van der Waals surface area contributed by atoms with E-state index in [0.29, 0.717) is 0 Å². The van der Waals surface area contributed by atoms with E-state index in [1.165, 1.54) is 6.92 Å². The van der Waals surface area contributed by atoms with Crippen molar-refractivity contribution >= 4 is 26.7 Å². The molecule has 0 aliphatic carbocycles. The Morgan fingerprint density at radius 3 is 1.56 bits per heavy atom. The lowest BCUT2D eigenvalue weighted by molar-refractivity contribution is -0.277. The van der Waals surface area contributed by atoms with Gasteiger partial charge in [0.1, 0.15) is 42.7 Å². The zero-order valence-corrected chi connectivity index (χ0v) is 24.5. The van der Waals surface area contributed by atoms with Crippen molar-refractivity contribution < 1.29 is 78.5 Å². The van der Waals surface area contributed by atoms with Crippen molar-refractivity contribution in [3.05, 3.63) is 0 Å². The van der Waals surface area contributed by atoms with Gasteiger partial charge in [-0.3, -0.25) is 13.9 Å². The van der Waals surface area contributed by atoms with Crippen molar-refractivity contribution in [1.29, 1.82) is 0 Å². The van der Waals surface area contributed by atoms with Crippen LogP contribution in [0.25, 0.3) is 0 Å². The SMILES string of the molecule is CC(=O)NC1C(OC(C)C)OC(COS(=O)(=O)O)C(O)C1O.CC(C)OC1OC(COS(=O)(=O)O)C(O)C(O)C1N. The average Bonchev–Trinajstić information content (AvgIpc) is 2.81. The molecular weight excluding hydrogens is 604 g/mol. The largest absolute Gasteiger partial charge is 0.397 e. The molecule has 9 N–H and O–H groups in total. The van der Waals surface area contributed by atoms with Crippen molar-refractivity contribution in [3.8, 4) is 0 Å². The number of nitrogens with one attached hydrogen (secondary N) is 1. The average molecular weight is 645 g/mol. The summed E-state index contributed by atoms with van der Waals surface area (Å²) in [6.07, 6.45) is -11.0. The van der Waals surface area contributed by atoms with E-state index in [4.69, 9.17) is 33.8 Å². The Hall–Kier alpha value is -1.15. The number of aliphatic hydroxyl groups excluding tert-OH is 4. The molecule has 0 aromatic rings. The molecular formula is C20H40N2O17S2. The Bertz CT molecular complexity index is 1030. The van der Waals surface area contributed by atoms with Crippen molar-refractivity contribution in [3.63, 3.8) is 0 Å². The highest BCUT2D eigenvalue weighted by Gasteiger charge is 2.46. The monoisotopic (exact) mass is 644 g/mol. The molecule has 19 nitrogen and oxygen atoms in total. The third kappa shape index (κ3) is 13.4. The Kier molecular flexibility index (Phi) is 14.8. The lowest BCUT2D eigenvalue weighted by atomic mass is 9.97. The van der Waals surface area contributed by atoms with E-state index in [-0.39, 0.29) is 12.2 Å². The molecule has 2 saturated heterocycles. The number of rotatable bonds is 11. The minimum Gasteiger partial charge on any atom is -0.388 e. The van der Waals surface area contributed by atoms with Gasteiger partial charge in [-0.15, -0.1) is 0 Å². The lowest BCUT2D eigenvalue weighted by Crippen LogP contribution is -2.65. The van der Waals surface area contributed by atoms with Gasteiger partial charge >= 0.3 is 20.8 Å². The lowest BCUT2D eigenvalue weighted by Gasteiger charge is -2.42. The molecule has 2 heterocycles. The summed E-state index contributed by atoms with van der Waals surface area (Å²) in [6.45, 7) is 6.65. The first-order valence-electron chi connectivity index (χ1n) is 12.2. The summed E-state index contributed by atoms with van der Waals surface area (Å²) in [4.78, 5) is 11.2. The number of carbonyl (C=O) groups excluding carboxylic acids is 1. The quantitative estimate of drug-likeness (QED) is 0.0999. The molecule has 21 heteroatoms. The second kappa shape index (κ2) is 16.1. The van der Waals surface area contributed by atoms with Crippen LogP contribution in [0.5, 0.6) is 0 Å². The molecule has 0 aromatic heterocycles. The smallest absolute Gasteiger partial charge is 0.388 e. The van der Waals surface area contributed by atoms with Crippen LogP contribution < -0.4 is 11.1 Å². The summed E-state index contributed by atoms with van der Waals surface area (Å²) < 4.78 is 88.6. The second-order valence-electron chi connectivity index (χ2n) is 9.65. The van der Waals surface area contributed by atoms with Crippen LogP contribution in [0.4, 0.5) is 0 Å².